The smallest absolute Gasteiger partial charge is 0.254 e. The average Bonchev–Trinajstić information content (AvgIpc) is 2.77. The molecule has 1 aromatic rings. The molecule has 2 heterocycles. The first kappa shape index (κ1) is 12.7. The number of hydrogen-bond acceptors (Lipinski definition) is 2. The summed E-state index contributed by atoms with van der Waals surface area (Å²) in [5.74, 6) is 0.197. The van der Waals surface area contributed by atoms with Gasteiger partial charge < -0.3 is 10.2 Å². The Labute approximate surface area is 115 Å². The summed E-state index contributed by atoms with van der Waals surface area (Å²) < 4.78 is 0. The van der Waals surface area contributed by atoms with Crippen molar-refractivity contribution in [3.05, 3.63) is 34.9 Å². The maximum Gasteiger partial charge on any atom is 0.254 e. The molecule has 0 saturated carbocycles. The standard InChI is InChI=1S/C16H22N2O/c1-11(2)18-10-13-7-6-12(9-14(13)16(18)19)15-5-3-4-8-17-15/h6-7,9,11,15,17H,3-5,8,10H2,1-2H3. The molecule has 1 N–H and O–H groups in total. The van der Waals surface area contributed by atoms with Gasteiger partial charge in [0.15, 0.2) is 0 Å². The average molecular weight is 258 g/mol. The number of amides is 1. The molecule has 0 radical (unpaired) electrons. The van der Waals surface area contributed by atoms with Gasteiger partial charge in [0.2, 0.25) is 0 Å². The number of carbonyl (C=O) groups excluding carboxylic acids is 1. The first-order chi connectivity index (χ1) is 9.16. The molecule has 1 saturated heterocycles. The van der Waals surface area contributed by atoms with E-state index in [0.717, 1.165) is 18.7 Å². The van der Waals surface area contributed by atoms with E-state index in [9.17, 15) is 4.79 Å². The summed E-state index contributed by atoms with van der Waals surface area (Å²) in [5.41, 5.74) is 3.37. The lowest BCUT2D eigenvalue weighted by Crippen LogP contribution is -2.30. The first-order valence-electron chi connectivity index (χ1n) is 7.34. The van der Waals surface area contributed by atoms with Crippen LogP contribution in [-0.4, -0.2) is 23.4 Å². The van der Waals surface area contributed by atoms with Crippen LogP contribution in [0.2, 0.25) is 0 Å². The Hall–Kier alpha value is -1.35. The highest BCUT2D eigenvalue weighted by Gasteiger charge is 2.29. The van der Waals surface area contributed by atoms with Gasteiger partial charge in [0.1, 0.15) is 0 Å². The topological polar surface area (TPSA) is 32.3 Å². The Morgan fingerprint density at radius 3 is 2.84 bits per heavy atom. The number of rotatable bonds is 2. The van der Waals surface area contributed by atoms with Crippen LogP contribution in [0.4, 0.5) is 0 Å². The van der Waals surface area contributed by atoms with Crippen LogP contribution in [0.5, 0.6) is 0 Å². The van der Waals surface area contributed by atoms with Crippen LogP contribution in [0.25, 0.3) is 0 Å². The molecule has 1 unspecified atom stereocenters. The summed E-state index contributed by atoms with van der Waals surface area (Å²) in [4.78, 5) is 14.3. The van der Waals surface area contributed by atoms with Crippen LogP contribution in [0.15, 0.2) is 18.2 Å². The predicted molar refractivity (Wildman–Crippen MR) is 76.0 cm³/mol. The number of piperidine rings is 1. The number of nitrogens with zero attached hydrogens (tertiary/aromatic N) is 1. The van der Waals surface area contributed by atoms with Crippen LogP contribution in [0.3, 0.4) is 0 Å². The largest absolute Gasteiger partial charge is 0.332 e. The summed E-state index contributed by atoms with van der Waals surface area (Å²) in [7, 11) is 0. The molecule has 3 rings (SSSR count). The molecule has 0 bridgehead atoms. The van der Waals surface area contributed by atoms with Crippen LogP contribution < -0.4 is 5.32 Å². The lowest BCUT2D eigenvalue weighted by Gasteiger charge is -2.24. The fourth-order valence-electron chi connectivity index (χ4n) is 3.11. The van der Waals surface area contributed by atoms with E-state index in [0.29, 0.717) is 6.04 Å². The van der Waals surface area contributed by atoms with Gasteiger partial charge in [0, 0.05) is 24.2 Å². The number of fused-ring (bicyclic) bond motifs is 1. The molecule has 3 heteroatoms. The Kier molecular flexibility index (Phi) is 3.31. The van der Waals surface area contributed by atoms with E-state index in [4.69, 9.17) is 0 Å². The Morgan fingerprint density at radius 1 is 1.32 bits per heavy atom. The van der Waals surface area contributed by atoms with Crippen LogP contribution in [-0.2, 0) is 6.54 Å². The second-order valence-electron chi connectivity index (χ2n) is 5.95. The summed E-state index contributed by atoms with van der Waals surface area (Å²) in [6.07, 6.45) is 3.73. The van der Waals surface area contributed by atoms with Gasteiger partial charge in [-0.25, -0.2) is 0 Å². The zero-order chi connectivity index (χ0) is 13.4. The Balaban J connectivity index is 1.87. The molecular formula is C16H22N2O. The highest BCUT2D eigenvalue weighted by molar-refractivity contribution is 5.98. The summed E-state index contributed by atoms with van der Waals surface area (Å²) in [6.45, 7) is 6.01. The Bertz CT molecular complexity index is 490. The zero-order valence-electron chi connectivity index (χ0n) is 11.8. The third kappa shape index (κ3) is 2.27. The zero-order valence-corrected chi connectivity index (χ0v) is 11.8. The van der Waals surface area contributed by atoms with E-state index >= 15 is 0 Å². The number of hydrogen-bond donors (Lipinski definition) is 1. The van der Waals surface area contributed by atoms with Gasteiger partial charge in [-0.15, -0.1) is 0 Å². The van der Waals surface area contributed by atoms with Gasteiger partial charge in [-0.05, 0) is 50.4 Å². The molecular weight excluding hydrogens is 236 g/mol. The van der Waals surface area contributed by atoms with E-state index in [-0.39, 0.29) is 11.9 Å². The minimum Gasteiger partial charge on any atom is -0.332 e. The number of carbonyl (C=O) groups is 1. The van der Waals surface area contributed by atoms with Crippen molar-refractivity contribution in [2.75, 3.05) is 6.54 Å². The summed E-state index contributed by atoms with van der Waals surface area (Å²) in [6, 6.07) is 7.15. The molecule has 1 atom stereocenters. The third-order valence-corrected chi connectivity index (χ3v) is 4.30. The molecule has 0 aliphatic carbocycles. The Morgan fingerprint density at radius 2 is 2.16 bits per heavy atom. The minimum atomic E-state index is 0.197. The second kappa shape index (κ2) is 4.97. The van der Waals surface area contributed by atoms with Gasteiger partial charge in [-0.1, -0.05) is 18.6 Å². The highest BCUT2D eigenvalue weighted by Crippen LogP contribution is 2.29. The fourth-order valence-corrected chi connectivity index (χ4v) is 3.11. The monoisotopic (exact) mass is 258 g/mol. The van der Waals surface area contributed by atoms with Crippen molar-refractivity contribution >= 4 is 5.91 Å². The minimum absolute atomic E-state index is 0.197. The van der Waals surface area contributed by atoms with Gasteiger partial charge in [-0.3, -0.25) is 4.79 Å². The third-order valence-electron chi connectivity index (χ3n) is 4.30. The molecule has 0 spiro atoms. The molecule has 1 aromatic carbocycles. The molecule has 3 nitrogen and oxygen atoms in total. The summed E-state index contributed by atoms with van der Waals surface area (Å²) in [5, 5.41) is 3.55. The van der Waals surface area contributed by atoms with Crippen molar-refractivity contribution in [3.63, 3.8) is 0 Å². The fraction of sp³-hybridized carbons (Fsp3) is 0.562. The van der Waals surface area contributed by atoms with Gasteiger partial charge >= 0.3 is 0 Å². The van der Waals surface area contributed by atoms with Crippen molar-refractivity contribution in [1.29, 1.82) is 0 Å². The summed E-state index contributed by atoms with van der Waals surface area (Å²) >= 11 is 0. The maximum absolute atomic E-state index is 12.4. The SMILES string of the molecule is CC(C)N1Cc2ccc(C3CCCCN3)cc2C1=O. The van der Waals surface area contributed by atoms with Crippen molar-refractivity contribution in [3.8, 4) is 0 Å². The molecule has 2 aliphatic heterocycles. The van der Waals surface area contributed by atoms with Gasteiger partial charge in [-0.2, -0.15) is 0 Å². The lowest BCUT2D eigenvalue weighted by molar-refractivity contribution is 0.0730. The molecule has 1 amide bonds. The molecule has 2 aliphatic rings. The van der Waals surface area contributed by atoms with Crippen LogP contribution in [0, 0.1) is 0 Å². The maximum atomic E-state index is 12.4. The normalized spacial score (nSPS) is 23.0. The first-order valence-corrected chi connectivity index (χ1v) is 7.34. The quantitative estimate of drug-likeness (QED) is 0.884. The molecule has 1 fully saturated rings. The van der Waals surface area contributed by atoms with Crippen molar-refractivity contribution < 1.29 is 4.79 Å². The van der Waals surface area contributed by atoms with E-state index in [2.05, 4.69) is 37.4 Å². The van der Waals surface area contributed by atoms with Gasteiger partial charge in [0.25, 0.3) is 5.91 Å². The van der Waals surface area contributed by atoms with Crippen molar-refractivity contribution in [1.82, 2.24) is 10.2 Å². The lowest BCUT2D eigenvalue weighted by atomic mass is 9.95. The van der Waals surface area contributed by atoms with Crippen molar-refractivity contribution in [2.24, 2.45) is 0 Å². The van der Waals surface area contributed by atoms with E-state index < -0.39 is 0 Å². The van der Waals surface area contributed by atoms with E-state index in [1.165, 1.54) is 30.4 Å². The van der Waals surface area contributed by atoms with E-state index in [1.54, 1.807) is 0 Å². The second-order valence-corrected chi connectivity index (χ2v) is 5.95. The number of benzene rings is 1. The van der Waals surface area contributed by atoms with Crippen LogP contribution in [0.1, 0.15) is 60.6 Å². The van der Waals surface area contributed by atoms with Crippen molar-refractivity contribution in [2.45, 2.75) is 51.7 Å². The highest BCUT2D eigenvalue weighted by atomic mass is 16.2. The molecule has 19 heavy (non-hydrogen) atoms. The van der Waals surface area contributed by atoms with Crippen LogP contribution >= 0.6 is 0 Å². The molecule has 102 valence electrons. The predicted octanol–water partition coefficient (Wildman–Crippen LogP) is 2.87. The van der Waals surface area contributed by atoms with Gasteiger partial charge in [0.05, 0.1) is 0 Å². The molecule has 0 aromatic heterocycles. The van der Waals surface area contributed by atoms with E-state index in [1.807, 2.05) is 4.90 Å². The number of nitrogens with one attached hydrogen (secondary N) is 1.